The highest BCUT2D eigenvalue weighted by molar-refractivity contribution is 5.69. The number of fused-ring (bicyclic) bond motifs is 1. The molecule has 2 bridgehead atoms. The summed E-state index contributed by atoms with van der Waals surface area (Å²) in [6.45, 7) is 5.31. The monoisotopic (exact) mass is 195 g/mol. The summed E-state index contributed by atoms with van der Waals surface area (Å²) < 4.78 is 5.20. The third-order valence-corrected chi connectivity index (χ3v) is 5.18. The van der Waals surface area contributed by atoms with Crippen LogP contribution in [-0.4, -0.2) is 18.7 Å². The Morgan fingerprint density at radius 3 is 3.00 bits per heavy atom. The van der Waals surface area contributed by atoms with E-state index in [9.17, 15) is 4.79 Å². The van der Waals surface area contributed by atoms with Crippen molar-refractivity contribution in [2.24, 2.45) is 16.7 Å². The molecule has 1 amide bonds. The lowest BCUT2D eigenvalue weighted by Crippen LogP contribution is -2.56. The van der Waals surface area contributed by atoms with Crippen molar-refractivity contribution in [2.75, 3.05) is 6.61 Å². The van der Waals surface area contributed by atoms with Crippen LogP contribution in [0.25, 0.3) is 0 Å². The highest BCUT2D eigenvalue weighted by Crippen LogP contribution is 2.66. The van der Waals surface area contributed by atoms with Crippen LogP contribution < -0.4 is 5.32 Å². The average molecular weight is 195 g/mol. The van der Waals surface area contributed by atoms with Gasteiger partial charge >= 0.3 is 6.09 Å². The van der Waals surface area contributed by atoms with Crippen LogP contribution in [-0.2, 0) is 4.74 Å². The molecule has 78 valence electrons. The zero-order valence-corrected chi connectivity index (χ0v) is 8.80. The van der Waals surface area contributed by atoms with Gasteiger partial charge in [0.25, 0.3) is 0 Å². The number of amides is 1. The second-order valence-corrected chi connectivity index (χ2v) is 5.62. The van der Waals surface area contributed by atoms with Crippen molar-refractivity contribution < 1.29 is 9.53 Å². The van der Waals surface area contributed by atoms with Gasteiger partial charge in [-0.15, -0.1) is 0 Å². The van der Waals surface area contributed by atoms with Gasteiger partial charge < -0.3 is 10.1 Å². The summed E-state index contributed by atoms with van der Waals surface area (Å²) in [5, 5.41) is 2.99. The first-order chi connectivity index (χ1) is 6.56. The smallest absolute Gasteiger partial charge is 0.407 e. The summed E-state index contributed by atoms with van der Waals surface area (Å²) in [5.41, 5.74) is 0.566. The van der Waals surface area contributed by atoms with Gasteiger partial charge in [-0.2, -0.15) is 0 Å². The van der Waals surface area contributed by atoms with Gasteiger partial charge in [0.1, 0.15) is 6.61 Å². The minimum Gasteiger partial charge on any atom is -0.449 e. The van der Waals surface area contributed by atoms with Gasteiger partial charge in [0.2, 0.25) is 0 Å². The molecule has 0 radical (unpaired) electrons. The fraction of sp³-hybridized carbons (Fsp3) is 0.909. The SMILES string of the molecule is CC1(C)[C@@H]2CC[C@]13COC(=O)N[C@@H]3C2. The molecule has 0 aromatic heterocycles. The van der Waals surface area contributed by atoms with Gasteiger partial charge in [0, 0.05) is 11.5 Å². The standard InChI is InChI=1S/C11H17NO2/c1-10(2)7-3-4-11(10)6-14-9(13)12-8(11)5-7/h7-8H,3-6H2,1-2H3,(H,12,13)/t7-,8-,11-/m1/s1. The van der Waals surface area contributed by atoms with Crippen molar-refractivity contribution in [1.82, 2.24) is 5.32 Å². The Balaban J connectivity index is 2.01. The van der Waals surface area contributed by atoms with Crippen LogP contribution in [0.2, 0.25) is 0 Å². The number of cyclic esters (lactones) is 1. The Morgan fingerprint density at radius 2 is 2.29 bits per heavy atom. The van der Waals surface area contributed by atoms with Gasteiger partial charge in [-0.1, -0.05) is 13.8 Å². The Labute approximate surface area is 84.2 Å². The third-order valence-electron chi connectivity index (χ3n) is 5.18. The molecule has 3 aliphatic rings. The summed E-state index contributed by atoms with van der Waals surface area (Å²) in [4.78, 5) is 11.2. The van der Waals surface area contributed by atoms with E-state index in [4.69, 9.17) is 4.74 Å². The number of hydrogen-bond donors (Lipinski definition) is 1. The van der Waals surface area contributed by atoms with E-state index in [-0.39, 0.29) is 11.5 Å². The zero-order chi connectivity index (χ0) is 9.97. The number of hydrogen-bond acceptors (Lipinski definition) is 2. The quantitative estimate of drug-likeness (QED) is 0.641. The van der Waals surface area contributed by atoms with Crippen LogP contribution >= 0.6 is 0 Å². The summed E-state index contributed by atoms with van der Waals surface area (Å²) in [6.07, 6.45) is 3.46. The molecule has 3 atom stereocenters. The van der Waals surface area contributed by atoms with Crippen molar-refractivity contribution >= 4 is 6.09 Å². The van der Waals surface area contributed by atoms with E-state index >= 15 is 0 Å². The Hall–Kier alpha value is -0.730. The van der Waals surface area contributed by atoms with E-state index in [0.29, 0.717) is 18.1 Å². The van der Waals surface area contributed by atoms with E-state index in [1.54, 1.807) is 0 Å². The van der Waals surface area contributed by atoms with E-state index in [0.717, 1.165) is 12.3 Å². The second-order valence-electron chi connectivity index (χ2n) is 5.62. The second kappa shape index (κ2) is 2.26. The number of alkyl carbamates (subject to hydrolysis) is 1. The van der Waals surface area contributed by atoms with Crippen molar-refractivity contribution in [3.8, 4) is 0 Å². The Morgan fingerprint density at radius 1 is 1.50 bits per heavy atom. The number of carbonyl (C=O) groups excluding carboxylic acids is 1. The molecule has 1 N–H and O–H groups in total. The van der Waals surface area contributed by atoms with E-state index in [2.05, 4.69) is 19.2 Å². The maximum Gasteiger partial charge on any atom is 0.407 e. The number of rotatable bonds is 0. The Kier molecular flexibility index (Phi) is 1.38. The largest absolute Gasteiger partial charge is 0.449 e. The lowest BCUT2D eigenvalue weighted by Gasteiger charge is -2.44. The normalized spacial score (nSPS) is 48.3. The van der Waals surface area contributed by atoms with Crippen molar-refractivity contribution in [2.45, 2.75) is 39.2 Å². The van der Waals surface area contributed by atoms with Crippen molar-refractivity contribution in [3.63, 3.8) is 0 Å². The fourth-order valence-corrected chi connectivity index (χ4v) is 4.00. The molecule has 0 unspecified atom stereocenters. The lowest BCUT2D eigenvalue weighted by atomic mass is 9.68. The van der Waals surface area contributed by atoms with Crippen LogP contribution in [0.1, 0.15) is 33.1 Å². The van der Waals surface area contributed by atoms with Gasteiger partial charge in [0.15, 0.2) is 0 Å². The van der Waals surface area contributed by atoms with E-state index < -0.39 is 0 Å². The van der Waals surface area contributed by atoms with E-state index in [1.807, 2.05) is 0 Å². The molecule has 3 heteroatoms. The molecule has 2 saturated carbocycles. The van der Waals surface area contributed by atoms with Crippen LogP contribution in [0, 0.1) is 16.7 Å². The van der Waals surface area contributed by atoms with Crippen LogP contribution in [0.5, 0.6) is 0 Å². The Bertz CT molecular complexity index is 300. The molecule has 0 aromatic carbocycles. The van der Waals surface area contributed by atoms with Crippen LogP contribution in [0.15, 0.2) is 0 Å². The molecule has 3 rings (SSSR count). The minimum atomic E-state index is -0.219. The highest BCUT2D eigenvalue weighted by Gasteiger charge is 2.66. The molecule has 2 aliphatic carbocycles. The van der Waals surface area contributed by atoms with Crippen molar-refractivity contribution in [3.05, 3.63) is 0 Å². The minimum absolute atomic E-state index is 0.219. The van der Waals surface area contributed by atoms with Gasteiger partial charge in [-0.05, 0) is 30.6 Å². The van der Waals surface area contributed by atoms with E-state index in [1.165, 1.54) is 12.8 Å². The summed E-state index contributed by atoms with van der Waals surface area (Å²) in [6, 6.07) is 0.373. The molecule has 3 nitrogen and oxygen atoms in total. The molecule has 1 saturated heterocycles. The maximum absolute atomic E-state index is 11.2. The maximum atomic E-state index is 11.2. The van der Waals surface area contributed by atoms with Gasteiger partial charge in [-0.25, -0.2) is 4.79 Å². The third kappa shape index (κ3) is 0.733. The summed E-state index contributed by atoms with van der Waals surface area (Å²) in [5.74, 6) is 0.773. The van der Waals surface area contributed by atoms with Crippen LogP contribution in [0.4, 0.5) is 4.79 Å². The number of nitrogens with one attached hydrogen (secondary N) is 1. The topological polar surface area (TPSA) is 38.3 Å². The predicted octanol–water partition coefficient (Wildman–Crippen LogP) is 1.92. The van der Waals surface area contributed by atoms with Gasteiger partial charge in [-0.3, -0.25) is 0 Å². The molecular formula is C11H17NO2. The van der Waals surface area contributed by atoms with Gasteiger partial charge in [0.05, 0.1) is 0 Å². The first kappa shape index (κ1) is 8.57. The van der Waals surface area contributed by atoms with Crippen LogP contribution in [0.3, 0.4) is 0 Å². The fourth-order valence-electron chi connectivity index (χ4n) is 4.00. The molecule has 1 heterocycles. The summed E-state index contributed by atoms with van der Waals surface area (Å²) >= 11 is 0. The lowest BCUT2D eigenvalue weighted by molar-refractivity contribution is -0.0165. The molecule has 3 fully saturated rings. The highest BCUT2D eigenvalue weighted by atomic mass is 16.6. The molecular weight excluding hydrogens is 178 g/mol. The average Bonchev–Trinajstić information content (AvgIpc) is 2.49. The predicted molar refractivity (Wildman–Crippen MR) is 51.8 cm³/mol. The zero-order valence-electron chi connectivity index (χ0n) is 8.80. The molecule has 14 heavy (non-hydrogen) atoms. The first-order valence-electron chi connectivity index (χ1n) is 5.49. The molecule has 1 aliphatic heterocycles. The number of carbonyl (C=O) groups is 1. The molecule has 0 aromatic rings. The van der Waals surface area contributed by atoms with Crippen molar-refractivity contribution in [1.29, 1.82) is 0 Å². The summed E-state index contributed by atoms with van der Waals surface area (Å²) in [7, 11) is 0. The molecule has 1 spiro atoms. The first-order valence-corrected chi connectivity index (χ1v) is 5.49. The number of ether oxygens (including phenoxy) is 1.